The first-order valence-electron chi connectivity index (χ1n) is 10.0. The van der Waals surface area contributed by atoms with E-state index in [-0.39, 0.29) is 38.9 Å². The average molecular weight is 432 g/mol. The van der Waals surface area contributed by atoms with E-state index in [1.54, 1.807) is 12.1 Å². The Morgan fingerprint density at radius 1 is 0.938 bits per heavy atom. The Balaban J connectivity index is 1.56. The number of benzene rings is 3. The highest BCUT2D eigenvalue weighted by Crippen LogP contribution is 2.27. The summed E-state index contributed by atoms with van der Waals surface area (Å²) in [5.41, 5.74) is 1.11. The van der Waals surface area contributed by atoms with Crippen LogP contribution in [0.5, 0.6) is 17.2 Å². The highest BCUT2D eigenvalue weighted by Gasteiger charge is 2.15. The van der Waals surface area contributed by atoms with E-state index in [0.717, 1.165) is 11.6 Å². The van der Waals surface area contributed by atoms with Crippen LogP contribution >= 0.6 is 0 Å². The van der Waals surface area contributed by atoms with Crippen LogP contribution in [-0.4, -0.2) is 5.97 Å². The van der Waals surface area contributed by atoms with Gasteiger partial charge >= 0.3 is 5.97 Å². The maximum Gasteiger partial charge on any atom is 0.343 e. The lowest BCUT2D eigenvalue weighted by atomic mass is 9.87. The molecule has 0 amide bonds. The number of carbonyl (C=O) groups is 1. The molecule has 0 fully saturated rings. The van der Waals surface area contributed by atoms with Crippen molar-refractivity contribution in [3.05, 3.63) is 100 Å². The van der Waals surface area contributed by atoms with Crippen molar-refractivity contribution in [2.24, 2.45) is 0 Å². The fourth-order valence-electron chi connectivity index (χ4n) is 3.16. The van der Waals surface area contributed by atoms with Crippen molar-refractivity contribution in [1.82, 2.24) is 0 Å². The standard InChI is InChI=1S/C26H21FO5/c1-26(2,3)17-7-9-19(10-8-17)31-23-15-30-22-14-20(11-12-21(22)24(23)28)32-25(29)16-5-4-6-18(27)13-16/h4-15H,1-3H3. The predicted molar refractivity (Wildman–Crippen MR) is 119 cm³/mol. The molecule has 0 aliphatic heterocycles. The molecule has 0 unspecified atom stereocenters. The molecular formula is C26H21FO5. The van der Waals surface area contributed by atoms with Gasteiger partial charge in [0.2, 0.25) is 11.2 Å². The van der Waals surface area contributed by atoms with Crippen molar-refractivity contribution in [3.8, 4) is 17.2 Å². The molecule has 4 rings (SSSR count). The average Bonchev–Trinajstić information content (AvgIpc) is 2.75. The van der Waals surface area contributed by atoms with Crippen LogP contribution in [0.1, 0.15) is 36.7 Å². The summed E-state index contributed by atoms with van der Waals surface area (Å²) in [6.07, 6.45) is 1.22. The van der Waals surface area contributed by atoms with Gasteiger partial charge in [0.05, 0.1) is 10.9 Å². The van der Waals surface area contributed by atoms with Gasteiger partial charge in [0.25, 0.3) is 0 Å². The first kappa shape index (κ1) is 21.3. The van der Waals surface area contributed by atoms with Crippen molar-refractivity contribution in [2.75, 3.05) is 0 Å². The Bertz CT molecular complexity index is 1350. The molecule has 0 atom stereocenters. The van der Waals surface area contributed by atoms with Crippen molar-refractivity contribution < 1.29 is 23.1 Å². The summed E-state index contributed by atoms with van der Waals surface area (Å²) in [7, 11) is 0. The van der Waals surface area contributed by atoms with Crippen LogP contribution in [0.25, 0.3) is 11.0 Å². The van der Waals surface area contributed by atoms with E-state index >= 15 is 0 Å². The summed E-state index contributed by atoms with van der Waals surface area (Å²) in [5.74, 6) is -0.522. The van der Waals surface area contributed by atoms with Gasteiger partial charge in [-0.15, -0.1) is 0 Å². The zero-order chi connectivity index (χ0) is 22.9. The Kier molecular flexibility index (Phi) is 5.53. The normalized spacial score (nSPS) is 11.4. The van der Waals surface area contributed by atoms with Crippen LogP contribution in [0.4, 0.5) is 4.39 Å². The largest absolute Gasteiger partial charge is 0.460 e. The first-order valence-corrected chi connectivity index (χ1v) is 10.0. The summed E-state index contributed by atoms with van der Waals surface area (Å²) in [6.45, 7) is 6.35. The number of rotatable bonds is 4. The maximum absolute atomic E-state index is 13.3. The fraction of sp³-hybridized carbons (Fsp3) is 0.154. The lowest BCUT2D eigenvalue weighted by Crippen LogP contribution is -2.10. The molecule has 0 saturated heterocycles. The molecular weight excluding hydrogens is 411 g/mol. The van der Waals surface area contributed by atoms with Crippen LogP contribution in [-0.2, 0) is 5.41 Å². The van der Waals surface area contributed by atoms with Gasteiger partial charge in [-0.3, -0.25) is 4.79 Å². The number of carbonyl (C=O) groups excluding carboxylic acids is 1. The summed E-state index contributed by atoms with van der Waals surface area (Å²) in [4.78, 5) is 25.0. The second-order valence-corrected chi connectivity index (χ2v) is 8.36. The third-order valence-corrected chi connectivity index (χ3v) is 4.93. The van der Waals surface area contributed by atoms with Gasteiger partial charge in [0.15, 0.2) is 0 Å². The Hall–Kier alpha value is -3.93. The molecule has 162 valence electrons. The second-order valence-electron chi connectivity index (χ2n) is 8.36. The molecule has 0 bridgehead atoms. The SMILES string of the molecule is CC(C)(C)c1ccc(Oc2coc3cc(OC(=O)c4cccc(F)c4)ccc3c2=O)cc1. The highest BCUT2D eigenvalue weighted by molar-refractivity contribution is 5.91. The molecule has 0 saturated carbocycles. The highest BCUT2D eigenvalue weighted by atomic mass is 19.1. The fourth-order valence-corrected chi connectivity index (χ4v) is 3.16. The van der Waals surface area contributed by atoms with Gasteiger partial charge in [-0.2, -0.15) is 0 Å². The van der Waals surface area contributed by atoms with Crippen LogP contribution < -0.4 is 14.9 Å². The lowest BCUT2D eigenvalue weighted by molar-refractivity contribution is 0.0734. The topological polar surface area (TPSA) is 65.7 Å². The van der Waals surface area contributed by atoms with Gasteiger partial charge in [0.1, 0.15) is 29.2 Å². The summed E-state index contributed by atoms with van der Waals surface area (Å²) >= 11 is 0. The van der Waals surface area contributed by atoms with Crippen molar-refractivity contribution >= 4 is 16.9 Å². The summed E-state index contributed by atoms with van der Waals surface area (Å²) in [5, 5.41) is 0.277. The quantitative estimate of drug-likeness (QED) is 0.282. The summed E-state index contributed by atoms with van der Waals surface area (Å²) < 4.78 is 29.9. The van der Waals surface area contributed by atoms with E-state index in [1.807, 2.05) is 12.1 Å². The number of fused-ring (bicyclic) bond motifs is 1. The van der Waals surface area contributed by atoms with Gasteiger partial charge < -0.3 is 13.9 Å². The zero-order valence-corrected chi connectivity index (χ0v) is 17.8. The third kappa shape index (κ3) is 4.54. The predicted octanol–water partition coefficient (Wildman–Crippen LogP) is 6.24. The minimum atomic E-state index is -0.718. The third-order valence-electron chi connectivity index (χ3n) is 4.93. The van der Waals surface area contributed by atoms with E-state index in [0.29, 0.717) is 5.75 Å². The molecule has 5 nitrogen and oxygen atoms in total. The molecule has 0 radical (unpaired) electrons. The van der Waals surface area contributed by atoms with Crippen LogP contribution in [0.15, 0.2) is 82.2 Å². The molecule has 6 heteroatoms. The molecule has 4 aromatic rings. The monoisotopic (exact) mass is 432 g/mol. The van der Waals surface area contributed by atoms with Gasteiger partial charge in [-0.05, 0) is 53.4 Å². The smallest absolute Gasteiger partial charge is 0.343 e. The van der Waals surface area contributed by atoms with Crippen molar-refractivity contribution in [3.63, 3.8) is 0 Å². The van der Waals surface area contributed by atoms with Crippen molar-refractivity contribution in [1.29, 1.82) is 0 Å². The summed E-state index contributed by atoms with van der Waals surface area (Å²) in [6, 6.07) is 17.1. The molecule has 0 aliphatic carbocycles. The van der Waals surface area contributed by atoms with E-state index in [4.69, 9.17) is 13.9 Å². The lowest BCUT2D eigenvalue weighted by Gasteiger charge is -2.19. The number of esters is 1. The minimum Gasteiger partial charge on any atom is -0.460 e. The van der Waals surface area contributed by atoms with Gasteiger partial charge in [0, 0.05) is 6.07 Å². The first-order chi connectivity index (χ1) is 15.2. The van der Waals surface area contributed by atoms with Gasteiger partial charge in [-0.1, -0.05) is 39.0 Å². The van der Waals surface area contributed by atoms with Crippen LogP contribution in [0, 0.1) is 5.82 Å². The molecule has 0 spiro atoms. The molecule has 32 heavy (non-hydrogen) atoms. The Morgan fingerprint density at radius 2 is 1.66 bits per heavy atom. The van der Waals surface area contributed by atoms with E-state index < -0.39 is 11.8 Å². The number of hydrogen-bond acceptors (Lipinski definition) is 5. The van der Waals surface area contributed by atoms with E-state index in [9.17, 15) is 14.0 Å². The van der Waals surface area contributed by atoms with E-state index in [2.05, 4.69) is 20.8 Å². The van der Waals surface area contributed by atoms with Crippen molar-refractivity contribution in [2.45, 2.75) is 26.2 Å². The van der Waals surface area contributed by atoms with Crippen LogP contribution in [0.2, 0.25) is 0 Å². The van der Waals surface area contributed by atoms with Crippen LogP contribution in [0.3, 0.4) is 0 Å². The number of halogens is 1. The molecule has 3 aromatic carbocycles. The number of ether oxygens (including phenoxy) is 2. The Labute approximate surface area is 184 Å². The molecule has 1 aromatic heterocycles. The second kappa shape index (κ2) is 8.30. The molecule has 1 heterocycles. The number of hydrogen-bond donors (Lipinski definition) is 0. The maximum atomic E-state index is 13.3. The Morgan fingerprint density at radius 3 is 2.34 bits per heavy atom. The minimum absolute atomic E-state index is 0.0103. The van der Waals surface area contributed by atoms with Gasteiger partial charge in [-0.25, -0.2) is 9.18 Å². The molecule has 0 aliphatic rings. The molecule has 0 N–H and O–H groups in total. The zero-order valence-electron chi connectivity index (χ0n) is 17.8. The van der Waals surface area contributed by atoms with E-state index in [1.165, 1.54) is 42.7 Å².